The monoisotopic (exact) mass is 302 g/mol. The zero-order chi connectivity index (χ0) is 15.7. The van der Waals surface area contributed by atoms with Crippen LogP contribution in [0, 0.1) is 6.92 Å². The molecule has 0 saturated carbocycles. The van der Waals surface area contributed by atoms with E-state index < -0.39 is 11.7 Å². The number of alkyl halides is 3. The van der Waals surface area contributed by atoms with E-state index in [-0.39, 0.29) is 0 Å². The molecule has 0 bridgehead atoms. The smallest absolute Gasteiger partial charge is 0.240 e. The lowest BCUT2D eigenvalue weighted by Gasteiger charge is -2.07. The van der Waals surface area contributed by atoms with E-state index in [2.05, 4.69) is 5.10 Å². The SMILES string of the molecule is Cc1ccccc1-n1ccc(-c2cccc(C(F)(F)F)c2)n1. The molecule has 0 atom stereocenters. The Morgan fingerprint density at radius 2 is 1.73 bits per heavy atom. The van der Waals surface area contributed by atoms with Gasteiger partial charge >= 0.3 is 6.18 Å². The van der Waals surface area contributed by atoms with Gasteiger partial charge in [-0.1, -0.05) is 30.3 Å². The third-order valence-electron chi connectivity index (χ3n) is 3.44. The van der Waals surface area contributed by atoms with Crippen molar-refractivity contribution in [3.8, 4) is 16.9 Å². The largest absolute Gasteiger partial charge is 0.416 e. The van der Waals surface area contributed by atoms with Crippen LogP contribution in [0.3, 0.4) is 0 Å². The number of hydrogen-bond acceptors (Lipinski definition) is 1. The van der Waals surface area contributed by atoms with Gasteiger partial charge in [0.15, 0.2) is 0 Å². The average molecular weight is 302 g/mol. The minimum atomic E-state index is -4.35. The Hall–Kier alpha value is -2.56. The molecule has 0 aliphatic carbocycles. The molecule has 2 nitrogen and oxygen atoms in total. The summed E-state index contributed by atoms with van der Waals surface area (Å²) in [6.07, 6.45) is -2.60. The van der Waals surface area contributed by atoms with E-state index in [9.17, 15) is 13.2 Å². The molecule has 5 heteroatoms. The van der Waals surface area contributed by atoms with Crippen LogP contribution in [0.1, 0.15) is 11.1 Å². The van der Waals surface area contributed by atoms with Crippen molar-refractivity contribution in [1.29, 1.82) is 0 Å². The van der Waals surface area contributed by atoms with E-state index in [1.54, 1.807) is 23.0 Å². The number of rotatable bonds is 2. The molecule has 0 saturated heterocycles. The van der Waals surface area contributed by atoms with Gasteiger partial charge in [-0.3, -0.25) is 0 Å². The molecule has 2 aromatic carbocycles. The minimum Gasteiger partial charge on any atom is -0.240 e. The van der Waals surface area contributed by atoms with Crippen LogP contribution in [0.5, 0.6) is 0 Å². The number of halogens is 3. The molecule has 0 amide bonds. The van der Waals surface area contributed by atoms with Crippen LogP contribution in [0.25, 0.3) is 16.9 Å². The standard InChI is InChI=1S/C17H13F3N2/c1-12-5-2-3-8-16(12)22-10-9-15(21-22)13-6-4-7-14(11-13)17(18,19)20/h2-11H,1H3. The van der Waals surface area contributed by atoms with Crippen LogP contribution in [-0.4, -0.2) is 9.78 Å². The van der Waals surface area contributed by atoms with Gasteiger partial charge in [0.2, 0.25) is 0 Å². The van der Waals surface area contributed by atoms with Gasteiger partial charge in [0.05, 0.1) is 16.9 Å². The van der Waals surface area contributed by atoms with Crippen LogP contribution in [0.15, 0.2) is 60.8 Å². The van der Waals surface area contributed by atoms with E-state index in [0.717, 1.165) is 23.4 Å². The fourth-order valence-corrected chi connectivity index (χ4v) is 2.29. The normalized spacial score (nSPS) is 11.6. The van der Waals surface area contributed by atoms with Gasteiger partial charge in [0.1, 0.15) is 0 Å². The molecule has 0 aliphatic rings. The molecule has 0 spiro atoms. The van der Waals surface area contributed by atoms with Crippen molar-refractivity contribution in [1.82, 2.24) is 9.78 Å². The second-order valence-electron chi connectivity index (χ2n) is 5.01. The van der Waals surface area contributed by atoms with Crippen molar-refractivity contribution in [2.75, 3.05) is 0 Å². The summed E-state index contributed by atoms with van der Waals surface area (Å²) in [5.74, 6) is 0. The summed E-state index contributed by atoms with van der Waals surface area (Å²) >= 11 is 0. The molecular formula is C17H13F3N2. The number of hydrogen-bond donors (Lipinski definition) is 0. The summed E-state index contributed by atoms with van der Waals surface area (Å²) in [6.45, 7) is 1.96. The van der Waals surface area contributed by atoms with Crippen molar-refractivity contribution in [2.45, 2.75) is 13.1 Å². The lowest BCUT2D eigenvalue weighted by molar-refractivity contribution is -0.137. The zero-order valence-corrected chi connectivity index (χ0v) is 11.8. The highest BCUT2D eigenvalue weighted by atomic mass is 19.4. The number of aryl methyl sites for hydroxylation is 1. The maximum absolute atomic E-state index is 12.8. The number of nitrogens with zero attached hydrogens (tertiary/aromatic N) is 2. The molecule has 3 rings (SSSR count). The fourth-order valence-electron chi connectivity index (χ4n) is 2.29. The van der Waals surface area contributed by atoms with E-state index in [0.29, 0.717) is 11.3 Å². The van der Waals surface area contributed by atoms with Gasteiger partial charge < -0.3 is 0 Å². The van der Waals surface area contributed by atoms with Crippen LogP contribution in [-0.2, 0) is 6.18 Å². The molecule has 22 heavy (non-hydrogen) atoms. The lowest BCUT2D eigenvalue weighted by Crippen LogP contribution is -2.04. The average Bonchev–Trinajstić information content (AvgIpc) is 2.97. The van der Waals surface area contributed by atoms with Crippen LogP contribution in [0.4, 0.5) is 13.2 Å². The predicted molar refractivity (Wildman–Crippen MR) is 78.7 cm³/mol. The molecule has 0 N–H and O–H groups in total. The quantitative estimate of drug-likeness (QED) is 0.660. The van der Waals surface area contributed by atoms with Gasteiger partial charge in [0, 0.05) is 11.8 Å². The maximum Gasteiger partial charge on any atom is 0.416 e. The maximum atomic E-state index is 12.8. The fraction of sp³-hybridized carbons (Fsp3) is 0.118. The number of aromatic nitrogens is 2. The Labute approximate surface area is 125 Å². The van der Waals surface area contributed by atoms with Crippen molar-refractivity contribution >= 4 is 0 Å². The van der Waals surface area contributed by atoms with Gasteiger partial charge in [0.25, 0.3) is 0 Å². The summed E-state index contributed by atoms with van der Waals surface area (Å²) in [7, 11) is 0. The van der Waals surface area contributed by atoms with Gasteiger partial charge in [-0.25, -0.2) is 4.68 Å². The highest BCUT2D eigenvalue weighted by Crippen LogP contribution is 2.31. The summed E-state index contributed by atoms with van der Waals surface area (Å²) in [5, 5.41) is 4.38. The Morgan fingerprint density at radius 3 is 2.45 bits per heavy atom. The van der Waals surface area contributed by atoms with Crippen LogP contribution >= 0.6 is 0 Å². The molecule has 112 valence electrons. The highest BCUT2D eigenvalue weighted by molar-refractivity contribution is 5.60. The molecular weight excluding hydrogens is 289 g/mol. The lowest BCUT2D eigenvalue weighted by atomic mass is 10.1. The Balaban J connectivity index is 2.00. The zero-order valence-electron chi connectivity index (χ0n) is 11.8. The van der Waals surface area contributed by atoms with Gasteiger partial charge in [-0.15, -0.1) is 0 Å². The van der Waals surface area contributed by atoms with Gasteiger partial charge in [-0.2, -0.15) is 18.3 Å². The molecule has 3 aromatic rings. The van der Waals surface area contributed by atoms with Crippen molar-refractivity contribution < 1.29 is 13.2 Å². The van der Waals surface area contributed by atoms with Crippen molar-refractivity contribution in [3.05, 3.63) is 71.9 Å². The third kappa shape index (κ3) is 2.74. The molecule has 1 heterocycles. The summed E-state index contributed by atoms with van der Waals surface area (Å²) in [6, 6.07) is 14.6. The second kappa shape index (κ2) is 5.33. The van der Waals surface area contributed by atoms with Gasteiger partial charge in [-0.05, 0) is 36.8 Å². The Morgan fingerprint density at radius 1 is 0.955 bits per heavy atom. The first kappa shape index (κ1) is 14.4. The minimum absolute atomic E-state index is 0.446. The van der Waals surface area contributed by atoms with E-state index in [1.165, 1.54) is 6.07 Å². The summed E-state index contributed by atoms with van der Waals surface area (Å²) in [4.78, 5) is 0. The van der Waals surface area contributed by atoms with E-state index >= 15 is 0 Å². The Bertz CT molecular complexity index is 803. The predicted octanol–water partition coefficient (Wildman–Crippen LogP) is 4.87. The summed E-state index contributed by atoms with van der Waals surface area (Å²) < 4.78 is 40.0. The van der Waals surface area contributed by atoms with Crippen LogP contribution < -0.4 is 0 Å². The first-order valence-electron chi connectivity index (χ1n) is 6.74. The van der Waals surface area contributed by atoms with Crippen molar-refractivity contribution in [2.24, 2.45) is 0 Å². The van der Waals surface area contributed by atoms with E-state index in [1.807, 2.05) is 31.2 Å². The first-order chi connectivity index (χ1) is 10.4. The Kier molecular flexibility index (Phi) is 3.48. The highest BCUT2D eigenvalue weighted by Gasteiger charge is 2.30. The van der Waals surface area contributed by atoms with Crippen LogP contribution in [0.2, 0.25) is 0 Å². The first-order valence-corrected chi connectivity index (χ1v) is 6.74. The second-order valence-corrected chi connectivity index (χ2v) is 5.01. The summed E-state index contributed by atoms with van der Waals surface area (Å²) in [5.41, 5.74) is 2.23. The third-order valence-corrected chi connectivity index (χ3v) is 3.44. The van der Waals surface area contributed by atoms with E-state index in [4.69, 9.17) is 0 Å². The molecule has 0 radical (unpaired) electrons. The number of benzene rings is 2. The molecule has 0 unspecified atom stereocenters. The topological polar surface area (TPSA) is 17.8 Å². The molecule has 1 aromatic heterocycles. The van der Waals surface area contributed by atoms with Crippen molar-refractivity contribution in [3.63, 3.8) is 0 Å². The molecule has 0 aliphatic heterocycles. The number of para-hydroxylation sites is 1. The molecule has 0 fully saturated rings.